The molecule has 1 saturated carbocycles. The average Bonchev–Trinajstić information content (AvgIpc) is 2.69. The number of nitrogens with one attached hydrogen (secondary N) is 2. The summed E-state index contributed by atoms with van der Waals surface area (Å²) in [6, 6.07) is 10.3. The lowest BCUT2D eigenvalue weighted by atomic mass is 9.79. The van der Waals surface area contributed by atoms with E-state index in [1.54, 1.807) is 12.4 Å². The summed E-state index contributed by atoms with van der Waals surface area (Å²) in [5.74, 6) is 1.06. The van der Waals surface area contributed by atoms with Gasteiger partial charge in [-0.1, -0.05) is 45.2 Å². The van der Waals surface area contributed by atoms with Gasteiger partial charge in [0.25, 0.3) is 0 Å². The molecular formula is C20H27N5. The number of hydrogen-bond donors (Lipinski definition) is 2. The van der Waals surface area contributed by atoms with Gasteiger partial charge in [-0.15, -0.1) is 0 Å². The predicted octanol–water partition coefficient (Wildman–Crippen LogP) is 4.64. The summed E-state index contributed by atoms with van der Waals surface area (Å²) >= 11 is 0. The summed E-state index contributed by atoms with van der Waals surface area (Å²) in [5.41, 5.74) is 3.32. The molecule has 4 rings (SSSR count). The fraction of sp³-hybridized carbons (Fsp3) is 0.450. The van der Waals surface area contributed by atoms with Crippen molar-refractivity contribution in [2.45, 2.75) is 58.0 Å². The van der Waals surface area contributed by atoms with Crippen molar-refractivity contribution in [3.63, 3.8) is 0 Å². The molecule has 1 spiro atoms. The Bertz CT molecular complexity index is 705. The van der Waals surface area contributed by atoms with Crippen molar-refractivity contribution in [2.75, 3.05) is 10.6 Å². The summed E-state index contributed by atoms with van der Waals surface area (Å²) < 4.78 is 0. The highest BCUT2D eigenvalue weighted by Gasteiger charge is 2.40. The van der Waals surface area contributed by atoms with Gasteiger partial charge in [0.1, 0.15) is 5.84 Å². The quantitative estimate of drug-likeness (QED) is 0.838. The minimum atomic E-state index is -0.0485. The molecule has 5 heteroatoms. The predicted molar refractivity (Wildman–Crippen MR) is 104 cm³/mol. The van der Waals surface area contributed by atoms with Crippen LogP contribution in [0.5, 0.6) is 0 Å². The van der Waals surface area contributed by atoms with Crippen molar-refractivity contribution in [1.29, 1.82) is 0 Å². The van der Waals surface area contributed by atoms with Crippen LogP contribution in [0.25, 0.3) is 0 Å². The van der Waals surface area contributed by atoms with E-state index < -0.39 is 0 Å². The first-order chi connectivity index (χ1) is 12.4. The third kappa shape index (κ3) is 3.81. The van der Waals surface area contributed by atoms with Gasteiger partial charge < -0.3 is 10.6 Å². The second-order valence-electron chi connectivity index (χ2n) is 6.35. The Balaban J connectivity index is 0.000000880. The summed E-state index contributed by atoms with van der Waals surface area (Å²) in [5, 5.41) is 15.1. The van der Waals surface area contributed by atoms with Gasteiger partial charge in [0.05, 0.1) is 29.7 Å². The van der Waals surface area contributed by atoms with Gasteiger partial charge >= 0.3 is 0 Å². The van der Waals surface area contributed by atoms with E-state index in [2.05, 4.69) is 45.1 Å². The third-order valence-corrected chi connectivity index (χ3v) is 4.78. The van der Waals surface area contributed by atoms with Crippen molar-refractivity contribution < 1.29 is 0 Å². The van der Waals surface area contributed by atoms with Crippen molar-refractivity contribution in [2.24, 2.45) is 4.99 Å². The maximum Gasteiger partial charge on any atom is 0.127 e. The van der Waals surface area contributed by atoms with E-state index in [9.17, 15) is 0 Å². The molecule has 0 unspecified atom stereocenters. The van der Waals surface area contributed by atoms with E-state index in [0.29, 0.717) is 6.54 Å². The van der Waals surface area contributed by atoms with Gasteiger partial charge in [0.2, 0.25) is 0 Å². The van der Waals surface area contributed by atoms with Crippen LogP contribution in [-0.4, -0.2) is 21.6 Å². The fourth-order valence-corrected chi connectivity index (χ4v) is 3.56. The van der Waals surface area contributed by atoms with Crippen LogP contribution in [0, 0.1) is 0 Å². The van der Waals surface area contributed by atoms with E-state index in [0.717, 1.165) is 29.9 Å². The van der Waals surface area contributed by atoms with E-state index >= 15 is 0 Å². The molecule has 2 N–H and O–H groups in total. The maximum atomic E-state index is 4.90. The molecule has 0 amide bonds. The number of hydrogen-bond acceptors (Lipinski definition) is 4. The topological polar surface area (TPSA) is 62.2 Å². The Labute approximate surface area is 150 Å². The van der Waals surface area contributed by atoms with Crippen molar-refractivity contribution in [3.05, 3.63) is 48.3 Å². The van der Waals surface area contributed by atoms with Crippen LogP contribution < -0.4 is 10.6 Å². The number of benzene rings is 1. The van der Waals surface area contributed by atoms with Crippen LogP contribution in [0.15, 0.2) is 47.7 Å². The first-order valence-electron chi connectivity index (χ1n) is 9.30. The Morgan fingerprint density at radius 1 is 1.00 bits per heavy atom. The maximum absolute atomic E-state index is 4.90. The number of aliphatic imine (C=N–C) groups is 1. The molecule has 1 aliphatic heterocycles. The van der Waals surface area contributed by atoms with Crippen LogP contribution in [-0.2, 0) is 6.54 Å². The standard InChI is InChI=1S/C18H21N5.C2H6/c1-4-9-18(10-5-1)17(19-12-14-8-11-20-21-13-14)22-15-6-2-3-7-16(15)23-18;1-2/h2-3,6-8,11,13,23H,1,4-5,9-10,12H2,(H,19,22);1-2H3. The van der Waals surface area contributed by atoms with E-state index in [4.69, 9.17) is 4.99 Å². The second-order valence-corrected chi connectivity index (χ2v) is 6.35. The normalized spacial score (nSPS) is 19.2. The molecule has 0 saturated heterocycles. The van der Waals surface area contributed by atoms with Crippen molar-refractivity contribution in [1.82, 2.24) is 10.2 Å². The van der Waals surface area contributed by atoms with Crippen LogP contribution >= 0.6 is 0 Å². The monoisotopic (exact) mass is 337 g/mol. The first kappa shape index (κ1) is 17.4. The number of para-hydroxylation sites is 2. The average molecular weight is 337 g/mol. The van der Waals surface area contributed by atoms with Gasteiger partial charge in [-0.3, -0.25) is 4.99 Å². The van der Waals surface area contributed by atoms with Crippen LogP contribution in [0.1, 0.15) is 51.5 Å². The smallest absolute Gasteiger partial charge is 0.127 e. The Morgan fingerprint density at radius 2 is 1.76 bits per heavy atom. The molecule has 5 nitrogen and oxygen atoms in total. The lowest BCUT2D eigenvalue weighted by molar-refractivity contribution is 0.403. The van der Waals surface area contributed by atoms with E-state index in [-0.39, 0.29) is 5.54 Å². The molecular weight excluding hydrogens is 310 g/mol. The molecule has 1 fully saturated rings. The molecule has 1 aliphatic carbocycles. The largest absolute Gasteiger partial charge is 0.371 e. The Morgan fingerprint density at radius 3 is 2.48 bits per heavy atom. The van der Waals surface area contributed by atoms with E-state index in [1.807, 2.05) is 19.9 Å². The Kier molecular flexibility index (Phi) is 5.64. The van der Waals surface area contributed by atoms with Crippen molar-refractivity contribution in [3.8, 4) is 0 Å². The second kappa shape index (κ2) is 8.10. The molecule has 2 aliphatic rings. The number of fused-ring (bicyclic) bond motifs is 1. The molecule has 0 bridgehead atoms. The molecule has 2 aromatic rings. The summed E-state index contributed by atoms with van der Waals surface area (Å²) in [6.45, 7) is 4.63. The molecule has 0 radical (unpaired) electrons. The van der Waals surface area contributed by atoms with Crippen LogP contribution in [0.2, 0.25) is 0 Å². The van der Waals surface area contributed by atoms with Gasteiger partial charge in [-0.2, -0.15) is 10.2 Å². The summed E-state index contributed by atoms with van der Waals surface area (Å²) in [6.07, 6.45) is 9.55. The molecule has 25 heavy (non-hydrogen) atoms. The van der Waals surface area contributed by atoms with Crippen molar-refractivity contribution >= 4 is 17.2 Å². The third-order valence-electron chi connectivity index (χ3n) is 4.78. The lowest BCUT2D eigenvalue weighted by Gasteiger charge is -2.44. The van der Waals surface area contributed by atoms with Gasteiger partial charge in [-0.05, 0) is 36.6 Å². The minimum absolute atomic E-state index is 0.0485. The van der Waals surface area contributed by atoms with Gasteiger partial charge in [-0.25, -0.2) is 0 Å². The SMILES string of the molecule is CC.c1ccc2c(c1)NC(=NCc1ccnnc1)C1(CCCCC1)N2. The number of amidine groups is 1. The first-order valence-corrected chi connectivity index (χ1v) is 9.30. The minimum Gasteiger partial charge on any atom is -0.371 e. The fourth-order valence-electron chi connectivity index (χ4n) is 3.56. The molecule has 1 aromatic carbocycles. The highest BCUT2D eigenvalue weighted by Crippen LogP contribution is 2.39. The molecule has 0 atom stereocenters. The summed E-state index contributed by atoms with van der Waals surface area (Å²) in [4.78, 5) is 4.90. The zero-order valence-corrected chi connectivity index (χ0v) is 15.1. The number of aromatic nitrogens is 2. The zero-order valence-electron chi connectivity index (χ0n) is 15.1. The highest BCUT2D eigenvalue weighted by atomic mass is 15.2. The highest BCUT2D eigenvalue weighted by molar-refractivity contribution is 6.09. The summed E-state index contributed by atoms with van der Waals surface area (Å²) in [7, 11) is 0. The number of rotatable bonds is 2. The molecule has 1 aromatic heterocycles. The number of anilines is 2. The molecule has 2 heterocycles. The number of nitrogens with zero attached hydrogens (tertiary/aromatic N) is 3. The van der Waals surface area contributed by atoms with Crippen LogP contribution in [0.3, 0.4) is 0 Å². The lowest BCUT2D eigenvalue weighted by Crippen LogP contribution is -2.53. The van der Waals surface area contributed by atoms with Gasteiger partial charge in [0, 0.05) is 6.20 Å². The zero-order chi connectivity index (χ0) is 17.5. The van der Waals surface area contributed by atoms with Crippen LogP contribution in [0.4, 0.5) is 11.4 Å². The van der Waals surface area contributed by atoms with Gasteiger partial charge in [0.15, 0.2) is 0 Å². The Hall–Kier alpha value is -2.43. The van der Waals surface area contributed by atoms with E-state index in [1.165, 1.54) is 24.9 Å². The molecule has 132 valence electrons.